The van der Waals surface area contributed by atoms with Gasteiger partial charge in [0.05, 0.1) is 6.54 Å². The number of fused-ring (bicyclic) bond motifs is 1. The number of carbonyl (C=O) groups is 1. The third kappa shape index (κ3) is 3.87. The summed E-state index contributed by atoms with van der Waals surface area (Å²) >= 11 is 0. The van der Waals surface area contributed by atoms with E-state index in [1.165, 1.54) is 12.8 Å². The van der Waals surface area contributed by atoms with Crippen LogP contribution < -0.4 is 0 Å². The van der Waals surface area contributed by atoms with Gasteiger partial charge in [-0.15, -0.1) is 0 Å². The number of benzene rings is 1. The van der Waals surface area contributed by atoms with E-state index >= 15 is 0 Å². The molecule has 0 radical (unpaired) electrons. The minimum absolute atomic E-state index is 0.0681. The summed E-state index contributed by atoms with van der Waals surface area (Å²) in [5, 5.41) is 0. The minimum atomic E-state index is 0.0681. The molecule has 5 heteroatoms. The third-order valence-corrected chi connectivity index (χ3v) is 5.10. The van der Waals surface area contributed by atoms with Crippen molar-refractivity contribution >= 4 is 17.1 Å². The van der Waals surface area contributed by atoms with Gasteiger partial charge in [-0.1, -0.05) is 24.6 Å². The number of aromatic nitrogens is 3. The summed E-state index contributed by atoms with van der Waals surface area (Å²) in [6.45, 7) is 6.30. The summed E-state index contributed by atoms with van der Waals surface area (Å²) in [7, 11) is 0. The van der Waals surface area contributed by atoms with Crippen molar-refractivity contribution in [1.29, 1.82) is 0 Å². The van der Waals surface area contributed by atoms with E-state index in [1.54, 1.807) is 0 Å². The number of carbonyl (C=O) groups excluding carboxylic acids is 1. The number of aryl methyl sites for hydroxylation is 1. The molecule has 4 rings (SSSR count). The molecular formula is C22H26N4O. The number of amides is 1. The fourth-order valence-electron chi connectivity index (χ4n) is 3.53. The molecule has 2 heterocycles. The Hall–Kier alpha value is -2.69. The van der Waals surface area contributed by atoms with Gasteiger partial charge < -0.3 is 9.47 Å². The monoisotopic (exact) mass is 362 g/mol. The Morgan fingerprint density at radius 3 is 2.85 bits per heavy atom. The first kappa shape index (κ1) is 17.7. The van der Waals surface area contributed by atoms with Crippen LogP contribution in [0, 0.1) is 12.8 Å². The maximum Gasteiger partial charge on any atom is 0.254 e. The van der Waals surface area contributed by atoms with Gasteiger partial charge in [0.25, 0.3) is 5.91 Å². The van der Waals surface area contributed by atoms with E-state index in [0.717, 1.165) is 47.0 Å². The van der Waals surface area contributed by atoms with Crippen LogP contribution in [0.1, 0.15) is 47.9 Å². The largest absolute Gasteiger partial charge is 0.331 e. The van der Waals surface area contributed by atoms with Crippen LogP contribution in [0.15, 0.2) is 42.6 Å². The molecule has 5 nitrogen and oxygen atoms in total. The second-order valence-corrected chi connectivity index (χ2v) is 7.52. The summed E-state index contributed by atoms with van der Waals surface area (Å²) in [6, 6.07) is 11.7. The van der Waals surface area contributed by atoms with Crippen LogP contribution in [-0.2, 0) is 13.1 Å². The molecule has 1 fully saturated rings. The number of nitrogens with zero attached hydrogens (tertiary/aromatic N) is 4. The van der Waals surface area contributed by atoms with Gasteiger partial charge >= 0.3 is 0 Å². The Bertz CT molecular complexity index is 958. The number of imidazole rings is 1. The summed E-state index contributed by atoms with van der Waals surface area (Å²) in [6.07, 6.45) is 5.28. The highest BCUT2D eigenvalue weighted by Crippen LogP contribution is 2.32. The molecule has 1 aliphatic carbocycles. The molecule has 0 N–H and O–H groups in total. The van der Waals surface area contributed by atoms with Gasteiger partial charge in [-0.3, -0.25) is 4.79 Å². The number of pyridine rings is 1. The fourth-order valence-corrected chi connectivity index (χ4v) is 3.53. The van der Waals surface area contributed by atoms with Gasteiger partial charge in [-0.05, 0) is 56.4 Å². The van der Waals surface area contributed by atoms with Crippen LogP contribution in [0.5, 0.6) is 0 Å². The summed E-state index contributed by atoms with van der Waals surface area (Å²) in [5.74, 6) is 1.72. The van der Waals surface area contributed by atoms with Crippen LogP contribution in [0.2, 0.25) is 0 Å². The molecule has 0 bridgehead atoms. The predicted molar refractivity (Wildman–Crippen MR) is 106 cm³/mol. The first-order valence-electron chi connectivity index (χ1n) is 9.81. The minimum Gasteiger partial charge on any atom is -0.331 e. The highest BCUT2D eigenvalue weighted by Gasteiger charge is 2.26. The molecule has 0 aliphatic heterocycles. The van der Waals surface area contributed by atoms with E-state index in [9.17, 15) is 4.79 Å². The number of hydrogen-bond donors (Lipinski definition) is 0. The van der Waals surface area contributed by atoms with Crippen molar-refractivity contribution in [2.45, 2.75) is 46.2 Å². The lowest BCUT2D eigenvalue weighted by atomic mass is 10.1. The summed E-state index contributed by atoms with van der Waals surface area (Å²) < 4.78 is 2.22. The van der Waals surface area contributed by atoms with E-state index in [1.807, 2.05) is 54.4 Å². The molecule has 140 valence electrons. The zero-order valence-corrected chi connectivity index (χ0v) is 16.1. The molecule has 3 aromatic rings. The first-order valence-corrected chi connectivity index (χ1v) is 9.81. The lowest BCUT2D eigenvalue weighted by molar-refractivity contribution is 0.0737. The van der Waals surface area contributed by atoms with Crippen molar-refractivity contribution < 1.29 is 4.79 Å². The Kier molecular flexibility index (Phi) is 4.92. The smallest absolute Gasteiger partial charge is 0.254 e. The Morgan fingerprint density at radius 2 is 2.11 bits per heavy atom. The van der Waals surface area contributed by atoms with Crippen molar-refractivity contribution in [2.24, 2.45) is 5.92 Å². The second kappa shape index (κ2) is 7.51. The first-order chi connectivity index (χ1) is 13.2. The average molecular weight is 362 g/mol. The van der Waals surface area contributed by atoms with Crippen molar-refractivity contribution in [1.82, 2.24) is 19.4 Å². The van der Waals surface area contributed by atoms with Gasteiger partial charge in [-0.25, -0.2) is 9.97 Å². The van der Waals surface area contributed by atoms with Crippen molar-refractivity contribution in [3.8, 4) is 0 Å². The van der Waals surface area contributed by atoms with E-state index in [4.69, 9.17) is 4.98 Å². The molecule has 1 aliphatic rings. The summed E-state index contributed by atoms with van der Waals surface area (Å²) in [4.78, 5) is 24.4. The van der Waals surface area contributed by atoms with E-state index in [2.05, 4.69) is 16.5 Å². The molecular weight excluding hydrogens is 336 g/mol. The maximum absolute atomic E-state index is 13.1. The lowest BCUT2D eigenvalue weighted by Gasteiger charge is -2.22. The maximum atomic E-state index is 13.1. The molecule has 0 spiro atoms. The average Bonchev–Trinajstić information content (AvgIpc) is 3.43. The quantitative estimate of drug-likeness (QED) is 0.633. The third-order valence-electron chi connectivity index (χ3n) is 5.10. The van der Waals surface area contributed by atoms with Crippen LogP contribution in [0.3, 0.4) is 0 Å². The van der Waals surface area contributed by atoms with Crippen molar-refractivity contribution in [2.75, 3.05) is 6.54 Å². The van der Waals surface area contributed by atoms with Crippen LogP contribution in [-0.4, -0.2) is 31.9 Å². The predicted octanol–water partition coefficient (Wildman–Crippen LogP) is 4.20. The zero-order chi connectivity index (χ0) is 18.8. The van der Waals surface area contributed by atoms with Gasteiger partial charge in [0.1, 0.15) is 11.3 Å². The normalized spacial score (nSPS) is 13.9. The topological polar surface area (TPSA) is 51.0 Å². The zero-order valence-electron chi connectivity index (χ0n) is 16.1. The molecule has 1 aromatic carbocycles. The fraction of sp³-hybridized carbons (Fsp3) is 0.409. The molecule has 1 saturated carbocycles. The molecule has 0 unspecified atom stereocenters. The number of hydrogen-bond acceptors (Lipinski definition) is 3. The van der Waals surface area contributed by atoms with Gasteiger partial charge in [0.15, 0.2) is 5.65 Å². The van der Waals surface area contributed by atoms with E-state index < -0.39 is 0 Å². The van der Waals surface area contributed by atoms with E-state index in [-0.39, 0.29) is 5.91 Å². The summed E-state index contributed by atoms with van der Waals surface area (Å²) in [5.41, 5.74) is 3.68. The molecule has 2 aromatic heterocycles. The standard InChI is InChI=1S/C22H26N4O/c1-3-12-25(22(27)18-7-4-6-16(2)13-18)15-20-24-19-8-5-11-23-21(19)26(20)14-17-9-10-17/h4-8,11,13,17H,3,9-10,12,14-15H2,1-2H3. The van der Waals surface area contributed by atoms with Gasteiger partial charge in [0.2, 0.25) is 0 Å². The van der Waals surface area contributed by atoms with Gasteiger partial charge in [-0.2, -0.15) is 0 Å². The van der Waals surface area contributed by atoms with Crippen molar-refractivity contribution in [3.05, 3.63) is 59.5 Å². The molecule has 1 amide bonds. The second-order valence-electron chi connectivity index (χ2n) is 7.52. The molecule has 0 atom stereocenters. The highest BCUT2D eigenvalue weighted by molar-refractivity contribution is 5.94. The Labute approximate surface area is 160 Å². The highest BCUT2D eigenvalue weighted by atomic mass is 16.2. The lowest BCUT2D eigenvalue weighted by Crippen LogP contribution is -2.32. The Morgan fingerprint density at radius 1 is 1.26 bits per heavy atom. The Balaban J connectivity index is 1.66. The molecule has 27 heavy (non-hydrogen) atoms. The molecule has 0 saturated heterocycles. The van der Waals surface area contributed by atoms with Crippen LogP contribution in [0.4, 0.5) is 0 Å². The SMILES string of the molecule is CCCN(Cc1nc2cccnc2n1CC1CC1)C(=O)c1cccc(C)c1. The van der Waals surface area contributed by atoms with Gasteiger partial charge in [0, 0.05) is 24.8 Å². The van der Waals surface area contributed by atoms with Crippen molar-refractivity contribution in [3.63, 3.8) is 0 Å². The van der Waals surface area contributed by atoms with Crippen LogP contribution >= 0.6 is 0 Å². The van der Waals surface area contributed by atoms with Crippen LogP contribution in [0.25, 0.3) is 11.2 Å². The number of rotatable bonds is 7. The van der Waals surface area contributed by atoms with E-state index in [0.29, 0.717) is 13.1 Å².